The molecule has 4 aromatic carbocycles. The first-order valence-corrected chi connectivity index (χ1v) is 17.2. The zero-order chi connectivity index (χ0) is 33.8. The van der Waals surface area contributed by atoms with Crippen LogP contribution in [0.15, 0.2) is 101 Å². The van der Waals surface area contributed by atoms with Gasteiger partial charge >= 0.3 is 5.91 Å². The Morgan fingerprint density at radius 1 is 0.979 bits per heavy atom. The number of carbonyl (C=O) groups excluding carboxylic acids is 2. The van der Waals surface area contributed by atoms with Crippen molar-refractivity contribution in [2.24, 2.45) is 0 Å². The maximum atomic E-state index is 13.7. The van der Waals surface area contributed by atoms with E-state index in [4.69, 9.17) is 21.1 Å². The van der Waals surface area contributed by atoms with Gasteiger partial charge in [-0.25, -0.2) is 0 Å². The molecule has 0 bridgehead atoms. The molecule has 12 heteroatoms. The van der Waals surface area contributed by atoms with Crippen molar-refractivity contribution in [1.82, 2.24) is 10.2 Å². The van der Waals surface area contributed by atoms with E-state index < -0.39 is 17.7 Å². The van der Waals surface area contributed by atoms with Gasteiger partial charge in [0.25, 0.3) is 5.78 Å². The molecule has 0 radical (unpaired) electrons. The number of aliphatic hydroxyl groups is 1. The Morgan fingerprint density at radius 3 is 2.52 bits per heavy atom. The van der Waals surface area contributed by atoms with E-state index >= 15 is 0 Å². The van der Waals surface area contributed by atoms with Gasteiger partial charge in [0.2, 0.25) is 5.13 Å². The zero-order valence-corrected chi connectivity index (χ0v) is 28.3. The predicted molar refractivity (Wildman–Crippen MR) is 187 cm³/mol. The molecule has 244 valence electrons. The number of ketones is 1. The SMILES string of the molecule is CCOc1cc(C2/C(=C(\O)c3ccc(OCc4cccc(C)c4)cc3)C(=O)C(=O)N2c2nnc(SCc3ccccc3Cl)s2)ccc1O. The van der Waals surface area contributed by atoms with Crippen molar-refractivity contribution in [2.45, 2.75) is 36.6 Å². The number of aromatic hydroxyl groups is 1. The van der Waals surface area contributed by atoms with Crippen molar-refractivity contribution in [2.75, 3.05) is 11.5 Å². The number of phenolic OH excluding ortho intramolecular Hbond substituents is 1. The lowest BCUT2D eigenvalue weighted by atomic mass is 9.95. The van der Waals surface area contributed by atoms with E-state index in [0.717, 1.165) is 28.0 Å². The minimum Gasteiger partial charge on any atom is -0.507 e. The molecule has 1 atom stereocenters. The molecule has 0 saturated carbocycles. The summed E-state index contributed by atoms with van der Waals surface area (Å²) in [5.41, 5.74) is 3.67. The van der Waals surface area contributed by atoms with Crippen molar-refractivity contribution in [3.05, 3.63) is 129 Å². The van der Waals surface area contributed by atoms with Crippen molar-refractivity contribution in [1.29, 1.82) is 0 Å². The standard InChI is InChI=1S/C36H30ClN3O6S2/c1-3-45-29-18-24(13-16-28(29)41)31-30(32(42)23-11-14-26(15-12-23)46-19-22-8-6-7-21(2)17-22)33(43)34(44)40(31)35-38-39-36(48-35)47-20-25-9-4-5-10-27(25)37/h4-18,31,41-42H,3,19-20H2,1-2H3/b32-30+. The summed E-state index contributed by atoms with van der Waals surface area (Å²) in [5.74, 6) is -0.961. The number of aliphatic hydroxyl groups excluding tert-OH is 1. The number of nitrogens with zero attached hydrogens (tertiary/aromatic N) is 3. The number of anilines is 1. The summed E-state index contributed by atoms with van der Waals surface area (Å²) in [7, 11) is 0. The fourth-order valence-corrected chi connectivity index (χ4v) is 7.42. The topological polar surface area (TPSA) is 122 Å². The van der Waals surface area contributed by atoms with Crippen LogP contribution in [0.2, 0.25) is 5.02 Å². The van der Waals surface area contributed by atoms with Crippen LogP contribution in [-0.2, 0) is 21.9 Å². The van der Waals surface area contributed by atoms with Gasteiger partial charge in [-0.2, -0.15) is 0 Å². The minimum absolute atomic E-state index is 0.104. The van der Waals surface area contributed by atoms with Crippen LogP contribution in [0, 0.1) is 6.92 Å². The number of Topliss-reactive ketones (excluding diaryl/α,β-unsaturated/α-hetero) is 1. The number of ether oxygens (including phenoxy) is 2. The fraction of sp³-hybridized carbons (Fsp3) is 0.167. The summed E-state index contributed by atoms with van der Waals surface area (Å²) in [4.78, 5) is 28.6. The number of benzene rings is 4. The highest BCUT2D eigenvalue weighted by Crippen LogP contribution is 2.45. The quantitative estimate of drug-likeness (QED) is 0.0463. The Labute approximate surface area is 290 Å². The van der Waals surface area contributed by atoms with Crippen LogP contribution in [-0.4, -0.2) is 38.7 Å². The van der Waals surface area contributed by atoms with Crippen LogP contribution >= 0.6 is 34.7 Å². The van der Waals surface area contributed by atoms with Gasteiger partial charge in [-0.1, -0.05) is 88.8 Å². The van der Waals surface area contributed by atoms with Crippen LogP contribution < -0.4 is 14.4 Å². The fourth-order valence-electron chi connectivity index (χ4n) is 5.26. The Balaban J connectivity index is 1.34. The number of phenols is 1. The molecule has 1 fully saturated rings. The first kappa shape index (κ1) is 33.1. The summed E-state index contributed by atoms with van der Waals surface area (Å²) in [6.45, 7) is 4.42. The lowest BCUT2D eigenvalue weighted by Gasteiger charge is -2.23. The third-order valence-electron chi connectivity index (χ3n) is 7.57. The molecule has 9 nitrogen and oxygen atoms in total. The lowest BCUT2D eigenvalue weighted by Crippen LogP contribution is -2.29. The first-order valence-electron chi connectivity index (χ1n) is 15.0. The number of thioether (sulfide) groups is 1. The van der Waals surface area contributed by atoms with Gasteiger partial charge in [0.1, 0.15) is 18.1 Å². The summed E-state index contributed by atoms with van der Waals surface area (Å²) >= 11 is 8.86. The number of rotatable bonds is 11. The van der Waals surface area contributed by atoms with Gasteiger partial charge in [-0.3, -0.25) is 14.5 Å². The lowest BCUT2D eigenvalue weighted by molar-refractivity contribution is -0.132. The van der Waals surface area contributed by atoms with E-state index in [9.17, 15) is 19.8 Å². The second-order valence-corrected chi connectivity index (χ2v) is 13.4. The molecule has 48 heavy (non-hydrogen) atoms. The molecule has 1 aliphatic rings. The molecule has 0 spiro atoms. The molecule has 1 aromatic heterocycles. The van der Waals surface area contributed by atoms with E-state index in [1.165, 1.54) is 22.7 Å². The Morgan fingerprint density at radius 2 is 1.77 bits per heavy atom. The van der Waals surface area contributed by atoms with Crippen molar-refractivity contribution in [3.8, 4) is 17.2 Å². The number of carbonyl (C=O) groups is 2. The van der Waals surface area contributed by atoms with Crippen molar-refractivity contribution < 1.29 is 29.3 Å². The first-order chi connectivity index (χ1) is 23.2. The highest BCUT2D eigenvalue weighted by atomic mass is 35.5. The van der Waals surface area contributed by atoms with Gasteiger partial charge in [-0.15, -0.1) is 10.2 Å². The Kier molecular flexibility index (Phi) is 10.00. The molecule has 1 aliphatic heterocycles. The third kappa shape index (κ3) is 7.03. The zero-order valence-electron chi connectivity index (χ0n) is 25.9. The van der Waals surface area contributed by atoms with Crippen LogP contribution in [0.5, 0.6) is 17.2 Å². The van der Waals surface area contributed by atoms with Crippen molar-refractivity contribution in [3.63, 3.8) is 0 Å². The van der Waals surface area contributed by atoms with Crippen molar-refractivity contribution >= 4 is 57.3 Å². The van der Waals surface area contributed by atoms with Gasteiger partial charge < -0.3 is 19.7 Å². The number of aryl methyl sites for hydroxylation is 1. The maximum absolute atomic E-state index is 13.7. The maximum Gasteiger partial charge on any atom is 0.301 e. The van der Waals surface area contributed by atoms with Gasteiger partial charge in [-0.05, 0) is 73.0 Å². The smallest absolute Gasteiger partial charge is 0.301 e. The Bertz CT molecular complexity index is 2010. The summed E-state index contributed by atoms with van der Waals surface area (Å²) in [5, 5.41) is 31.3. The Hall–Kier alpha value is -4.84. The molecule has 0 aliphatic carbocycles. The molecule has 2 heterocycles. The minimum atomic E-state index is -1.09. The molecule has 2 N–H and O–H groups in total. The molecule has 6 rings (SSSR count). The number of aromatic nitrogens is 2. The molecule has 5 aromatic rings. The third-order valence-corrected chi connectivity index (χ3v) is 10.0. The monoisotopic (exact) mass is 699 g/mol. The number of hydrogen-bond donors (Lipinski definition) is 2. The second kappa shape index (κ2) is 14.5. The van der Waals surface area contributed by atoms with E-state index in [1.54, 1.807) is 43.3 Å². The highest BCUT2D eigenvalue weighted by Gasteiger charge is 2.48. The number of amides is 1. The summed E-state index contributed by atoms with van der Waals surface area (Å²) in [6.07, 6.45) is 0. The average Bonchev–Trinajstić information content (AvgIpc) is 3.66. The van der Waals surface area contributed by atoms with E-state index in [-0.39, 0.29) is 34.6 Å². The van der Waals surface area contributed by atoms with E-state index in [0.29, 0.717) is 38.6 Å². The average molecular weight is 700 g/mol. The number of hydrogen-bond acceptors (Lipinski definition) is 10. The van der Waals surface area contributed by atoms with Crippen LogP contribution in [0.4, 0.5) is 5.13 Å². The largest absolute Gasteiger partial charge is 0.507 e. The van der Waals surface area contributed by atoms with Gasteiger partial charge in [0.05, 0.1) is 18.2 Å². The number of halogens is 1. The van der Waals surface area contributed by atoms with Crippen LogP contribution in [0.3, 0.4) is 0 Å². The molecular weight excluding hydrogens is 670 g/mol. The second-order valence-electron chi connectivity index (χ2n) is 10.9. The molecular formula is C36H30ClN3O6S2. The van der Waals surface area contributed by atoms with E-state index in [1.807, 2.05) is 55.5 Å². The van der Waals surface area contributed by atoms with Gasteiger partial charge in [0, 0.05) is 16.3 Å². The van der Waals surface area contributed by atoms with Crippen LogP contribution in [0.1, 0.15) is 40.8 Å². The normalized spacial score (nSPS) is 15.6. The summed E-state index contributed by atoms with van der Waals surface area (Å²) in [6, 6.07) is 25.6. The molecule has 1 amide bonds. The predicted octanol–water partition coefficient (Wildman–Crippen LogP) is 8.10. The molecule has 1 saturated heterocycles. The van der Waals surface area contributed by atoms with Gasteiger partial charge in [0.15, 0.2) is 15.8 Å². The molecule has 1 unspecified atom stereocenters. The van der Waals surface area contributed by atoms with E-state index in [2.05, 4.69) is 10.2 Å². The summed E-state index contributed by atoms with van der Waals surface area (Å²) < 4.78 is 12.1. The highest BCUT2D eigenvalue weighted by molar-refractivity contribution is 8.00. The van der Waals surface area contributed by atoms with Crippen LogP contribution in [0.25, 0.3) is 5.76 Å².